The van der Waals surface area contributed by atoms with Crippen molar-refractivity contribution in [1.29, 1.82) is 0 Å². The van der Waals surface area contributed by atoms with Gasteiger partial charge in [0, 0.05) is 12.2 Å². The molecule has 2 fully saturated rings. The van der Waals surface area contributed by atoms with Gasteiger partial charge < -0.3 is 24.4 Å². The molecule has 6 atom stereocenters. The van der Waals surface area contributed by atoms with Gasteiger partial charge in [-0.05, 0) is 43.0 Å². The molecule has 2 amide bonds. The lowest BCUT2D eigenvalue weighted by atomic mass is 9.77. The highest BCUT2D eigenvalue weighted by Gasteiger charge is 2.72. The summed E-state index contributed by atoms with van der Waals surface area (Å²) in [6.07, 6.45) is 7.21. The number of ether oxygens (including phenoxy) is 2. The van der Waals surface area contributed by atoms with E-state index in [0.717, 1.165) is 16.8 Å². The molecule has 4 heterocycles. The summed E-state index contributed by atoms with van der Waals surface area (Å²) in [5.41, 5.74) is 1.98. The van der Waals surface area contributed by atoms with Crippen LogP contribution >= 0.6 is 0 Å². The number of aryl methyl sites for hydroxylation is 2. The second kappa shape index (κ2) is 9.77. The number of carbonyl (C=O) groups excluding carboxylic acids is 3. The van der Waals surface area contributed by atoms with E-state index in [2.05, 4.69) is 0 Å². The minimum Gasteiger partial charge on any atom is -0.465 e. The Labute approximate surface area is 227 Å². The molecule has 0 radical (unpaired) electrons. The number of fused-ring (bicyclic) bond motifs is 2. The first kappa shape index (κ1) is 25.5. The number of amides is 2. The SMILES string of the molecule is Cc1ccc(C)c(N2CC=C[C@]34O[C@H]5C=CCCOC(=O)[C@H]5[C@H]3C(=O)N([C@H](CO)c3ccccc3)C4C2=O)c1. The summed E-state index contributed by atoms with van der Waals surface area (Å²) in [6.45, 7) is 4.02. The van der Waals surface area contributed by atoms with E-state index >= 15 is 0 Å². The van der Waals surface area contributed by atoms with Crippen LogP contribution < -0.4 is 4.90 Å². The van der Waals surface area contributed by atoms with Crippen molar-refractivity contribution in [3.63, 3.8) is 0 Å². The number of aliphatic hydroxyl groups excluding tert-OH is 1. The minimum atomic E-state index is -1.40. The highest BCUT2D eigenvalue weighted by Crippen LogP contribution is 2.55. The van der Waals surface area contributed by atoms with Crippen LogP contribution in [0.4, 0.5) is 5.69 Å². The smallest absolute Gasteiger partial charge is 0.312 e. The molecule has 0 aromatic heterocycles. The molecule has 2 saturated heterocycles. The third kappa shape index (κ3) is 3.93. The summed E-state index contributed by atoms with van der Waals surface area (Å²) in [5, 5.41) is 10.6. The first-order valence-electron chi connectivity index (χ1n) is 13.4. The number of hydrogen-bond donors (Lipinski definition) is 1. The third-order valence-corrected chi connectivity index (χ3v) is 8.41. The topological polar surface area (TPSA) is 96.4 Å². The largest absolute Gasteiger partial charge is 0.465 e. The van der Waals surface area contributed by atoms with E-state index in [-0.39, 0.29) is 19.1 Å². The zero-order chi connectivity index (χ0) is 27.3. The van der Waals surface area contributed by atoms with Gasteiger partial charge in [0.25, 0.3) is 5.91 Å². The summed E-state index contributed by atoms with van der Waals surface area (Å²) in [5.74, 6) is -3.09. The molecule has 0 saturated carbocycles. The van der Waals surface area contributed by atoms with Crippen molar-refractivity contribution in [1.82, 2.24) is 4.90 Å². The highest BCUT2D eigenvalue weighted by atomic mass is 16.6. The number of nitrogens with zero attached hydrogens (tertiary/aromatic N) is 2. The van der Waals surface area contributed by atoms with Gasteiger partial charge in [-0.2, -0.15) is 0 Å². The maximum atomic E-state index is 14.7. The molecule has 39 heavy (non-hydrogen) atoms. The lowest BCUT2D eigenvalue weighted by Crippen LogP contribution is -2.56. The van der Waals surface area contributed by atoms with Crippen molar-refractivity contribution in [2.45, 2.75) is 44.1 Å². The molecule has 1 spiro atoms. The molecule has 202 valence electrons. The summed E-state index contributed by atoms with van der Waals surface area (Å²) in [6, 6.07) is 13.2. The van der Waals surface area contributed by atoms with E-state index in [1.807, 2.05) is 80.6 Å². The van der Waals surface area contributed by atoms with Gasteiger partial charge in [-0.3, -0.25) is 14.4 Å². The Bertz CT molecular complexity index is 1370. The Balaban J connectivity index is 1.53. The number of carbonyl (C=O) groups is 3. The molecule has 2 aromatic rings. The van der Waals surface area contributed by atoms with Crippen LogP contribution in [-0.4, -0.2) is 65.3 Å². The first-order valence-corrected chi connectivity index (χ1v) is 13.4. The summed E-state index contributed by atoms with van der Waals surface area (Å²) in [7, 11) is 0. The number of cyclic esters (lactones) is 1. The number of rotatable bonds is 4. The van der Waals surface area contributed by atoms with Gasteiger partial charge in [0.2, 0.25) is 5.91 Å². The fourth-order valence-corrected chi connectivity index (χ4v) is 6.64. The van der Waals surface area contributed by atoms with Crippen LogP contribution in [-0.2, 0) is 23.9 Å². The predicted octanol–water partition coefficient (Wildman–Crippen LogP) is 3.02. The highest BCUT2D eigenvalue weighted by molar-refractivity contribution is 6.06. The zero-order valence-corrected chi connectivity index (χ0v) is 22.0. The Morgan fingerprint density at radius 3 is 2.62 bits per heavy atom. The van der Waals surface area contributed by atoms with Gasteiger partial charge in [0.05, 0.1) is 31.3 Å². The molecule has 6 rings (SSSR count). The van der Waals surface area contributed by atoms with Crippen molar-refractivity contribution >= 4 is 23.5 Å². The maximum Gasteiger partial charge on any atom is 0.312 e. The van der Waals surface area contributed by atoms with E-state index in [1.54, 1.807) is 11.0 Å². The normalized spacial score (nSPS) is 30.7. The van der Waals surface area contributed by atoms with E-state index in [1.165, 1.54) is 4.90 Å². The van der Waals surface area contributed by atoms with E-state index < -0.39 is 54.1 Å². The number of anilines is 1. The average molecular weight is 529 g/mol. The number of benzene rings is 2. The van der Waals surface area contributed by atoms with Crippen LogP contribution in [0.25, 0.3) is 0 Å². The molecular formula is C31H32N2O6. The summed E-state index contributed by atoms with van der Waals surface area (Å²) >= 11 is 0. The maximum absolute atomic E-state index is 14.7. The van der Waals surface area contributed by atoms with Crippen LogP contribution in [0.2, 0.25) is 0 Å². The fourth-order valence-electron chi connectivity index (χ4n) is 6.64. The Hall–Kier alpha value is -3.75. The first-order chi connectivity index (χ1) is 18.9. The molecule has 8 heteroatoms. The van der Waals surface area contributed by atoms with Crippen LogP contribution in [0.3, 0.4) is 0 Å². The van der Waals surface area contributed by atoms with Gasteiger partial charge in [-0.25, -0.2) is 0 Å². The Morgan fingerprint density at radius 2 is 1.85 bits per heavy atom. The predicted molar refractivity (Wildman–Crippen MR) is 144 cm³/mol. The molecule has 1 unspecified atom stereocenters. The van der Waals surface area contributed by atoms with E-state index in [0.29, 0.717) is 12.0 Å². The van der Waals surface area contributed by atoms with Crippen molar-refractivity contribution in [3.8, 4) is 0 Å². The van der Waals surface area contributed by atoms with E-state index in [4.69, 9.17) is 9.47 Å². The van der Waals surface area contributed by atoms with E-state index in [9.17, 15) is 19.5 Å². The molecule has 1 N–H and O–H groups in total. The molecule has 4 aliphatic rings. The van der Waals surface area contributed by atoms with Crippen LogP contribution in [0.15, 0.2) is 72.8 Å². The monoisotopic (exact) mass is 528 g/mol. The molecular weight excluding hydrogens is 496 g/mol. The van der Waals surface area contributed by atoms with Gasteiger partial charge in [-0.15, -0.1) is 0 Å². The quantitative estimate of drug-likeness (QED) is 0.484. The molecule has 8 nitrogen and oxygen atoms in total. The second-order valence-corrected chi connectivity index (χ2v) is 10.7. The van der Waals surface area contributed by atoms with Crippen LogP contribution in [0, 0.1) is 25.7 Å². The molecule has 0 bridgehead atoms. The second-order valence-electron chi connectivity index (χ2n) is 10.7. The number of likely N-dealkylation sites (tertiary alicyclic amines) is 1. The Morgan fingerprint density at radius 1 is 1.05 bits per heavy atom. The number of esters is 1. The number of hydrogen-bond acceptors (Lipinski definition) is 6. The van der Waals surface area contributed by atoms with Gasteiger partial charge in [0.1, 0.15) is 17.6 Å². The summed E-state index contributed by atoms with van der Waals surface area (Å²) < 4.78 is 12.1. The van der Waals surface area contributed by atoms with Gasteiger partial charge in [0.15, 0.2) is 0 Å². The van der Waals surface area contributed by atoms with Crippen LogP contribution in [0.5, 0.6) is 0 Å². The van der Waals surface area contributed by atoms with Crippen molar-refractivity contribution in [2.24, 2.45) is 11.8 Å². The Kier molecular flexibility index (Phi) is 6.40. The fraction of sp³-hybridized carbons (Fsp3) is 0.387. The van der Waals surface area contributed by atoms with Crippen molar-refractivity contribution in [2.75, 3.05) is 24.7 Å². The molecule has 4 aliphatic heterocycles. The van der Waals surface area contributed by atoms with Crippen LogP contribution in [0.1, 0.15) is 29.2 Å². The minimum absolute atomic E-state index is 0.220. The zero-order valence-electron chi connectivity index (χ0n) is 22.0. The van der Waals surface area contributed by atoms with Crippen molar-refractivity contribution < 1.29 is 29.0 Å². The standard InChI is InChI=1S/C31H32N2O6/c1-19-12-13-20(2)22(17-19)32-15-8-14-31-26(25-24(39-31)11-6-7-16-38-30(25)37)28(35)33(27(31)29(32)36)23(18-34)21-9-4-3-5-10-21/h3-6,8-14,17,23-27,34H,7,15-16,18H2,1-2H3/t23-,24+,25-,26+,27?,31+/m1/s1. The van der Waals surface area contributed by atoms with Crippen molar-refractivity contribution in [3.05, 3.63) is 89.5 Å². The summed E-state index contributed by atoms with van der Waals surface area (Å²) in [4.78, 5) is 45.5. The lowest BCUT2D eigenvalue weighted by Gasteiger charge is -2.39. The molecule has 2 aromatic carbocycles. The van der Waals surface area contributed by atoms with Gasteiger partial charge >= 0.3 is 5.97 Å². The lowest BCUT2D eigenvalue weighted by molar-refractivity contribution is -0.155. The third-order valence-electron chi connectivity index (χ3n) is 8.41. The van der Waals surface area contributed by atoms with Gasteiger partial charge in [-0.1, -0.05) is 66.8 Å². The average Bonchev–Trinajstić information content (AvgIpc) is 3.30. The molecule has 0 aliphatic carbocycles. The number of aliphatic hydroxyl groups is 1.